The van der Waals surface area contributed by atoms with Crippen molar-refractivity contribution < 1.29 is 14.6 Å². The van der Waals surface area contributed by atoms with Crippen molar-refractivity contribution in [3.8, 4) is 0 Å². The standard InChI is InChI=1S/C18H23ClNO3P.ClH/c1-14(20-17-9-7-16(19)8-10-17)11-18(21)13-24(22,23)12-15-5-3-2-4-6-15;/h2-10,14,18,20-21H,11-13H2,1H3,(H,22,23);1H/t14?,18-;/m0./s1. The summed E-state index contributed by atoms with van der Waals surface area (Å²) in [5.41, 5.74) is 1.71. The van der Waals surface area contributed by atoms with Crippen LogP contribution in [-0.4, -0.2) is 28.3 Å². The molecule has 0 aliphatic rings. The third-order valence-corrected chi connectivity index (χ3v) is 5.75. The lowest BCUT2D eigenvalue weighted by Gasteiger charge is -2.21. The molecule has 0 fully saturated rings. The van der Waals surface area contributed by atoms with Crippen LogP contribution in [0.5, 0.6) is 0 Å². The van der Waals surface area contributed by atoms with E-state index in [1.807, 2.05) is 49.4 Å². The fraction of sp³-hybridized carbons (Fsp3) is 0.333. The summed E-state index contributed by atoms with van der Waals surface area (Å²) in [6, 6.07) is 16.4. The predicted molar refractivity (Wildman–Crippen MR) is 107 cm³/mol. The van der Waals surface area contributed by atoms with E-state index < -0.39 is 13.5 Å². The molecule has 3 N–H and O–H groups in total. The zero-order chi connectivity index (χ0) is 17.6. The summed E-state index contributed by atoms with van der Waals surface area (Å²) in [6.07, 6.45) is -0.459. The second-order valence-corrected chi connectivity index (χ2v) is 8.92. The van der Waals surface area contributed by atoms with Gasteiger partial charge in [-0.15, -0.1) is 12.4 Å². The molecule has 2 aromatic carbocycles. The first-order valence-electron chi connectivity index (χ1n) is 7.89. The Morgan fingerprint density at radius 1 is 1.12 bits per heavy atom. The molecule has 0 aliphatic heterocycles. The molecule has 0 radical (unpaired) electrons. The number of benzene rings is 2. The highest BCUT2D eigenvalue weighted by Crippen LogP contribution is 2.45. The Balaban J connectivity index is 0.00000312. The van der Waals surface area contributed by atoms with Gasteiger partial charge in [-0.25, -0.2) is 0 Å². The molecule has 0 amide bonds. The first-order valence-corrected chi connectivity index (χ1v) is 10.3. The average Bonchev–Trinajstić information content (AvgIpc) is 2.49. The zero-order valence-corrected chi connectivity index (χ0v) is 16.5. The smallest absolute Gasteiger partial charge is 0.207 e. The number of rotatable bonds is 8. The lowest BCUT2D eigenvalue weighted by Crippen LogP contribution is -2.25. The van der Waals surface area contributed by atoms with E-state index in [4.69, 9.17) is 11.6 Å². The van der Waals surface area contributed by atoms with Gasteiger partial charge in [-0.1, -0.05) is 41.9 Å². The van der Waals surface area contributed by atoms with Crippen LogP contribution in [0.3, 0.4) is 0 Å². The average molecular weight is 404 g/mol. The van der Waals surface area contributed by atoms with E-state index in [1.54, 1.807) is 12.1 Å². The monoisotopic (exact) mass is 403 g/mol. The first-order chi connectivity index (χ1) is 11.3. The summed E-state index contributed by atoms with van der Waals surface area (Å²) in [5.74, 6) is 0. The Bertz CT molecular complexity index is 682. The first kappa shape index (κ1) is 22.0. The van der Waals surface area contributed by atoms with Crippen molar-refractivity contribution in [3.63, 3.8) is 0 Å². The summed E-state index contributed by atoms with van der Waals surface area (Å²) >= 11 is 5.85. The van der Waals surface area contributed by atoms with Crippen molar-refractivity contribution in [3.05, 3.63) is 65.2 Å². The molecule has 3 atom stereocenters. The van der Waals surface area contributed by atoms with Gasteiger partial charge >= 0.3 is 0 Å². The highest BCUT2D eigenvalue weighted by atomic mass is 35.5. The number of aliphatic hydroxyl groups is 1. The molecule has 138 valence electrons. The maximum atomic E-state index is 12.3. The van der Waals surface area contributed by atoms with E-state index in [9.17, 15) is 14.6 Å². The number of hydrogen-bond donors (Lipinski definition) is 3. The molecule has 0 spiro atoms. The minimum atomic E-state index is -3.41. The molecular formula is C18H24Cl2NO3P. The van der Waals surface area contributed by atoms with Crippen molar-refractivity contribution >= 4 is 37.1 Å². The van der Waals surface area contributed by atoms with Crippen molar-refractivity contribution in [1.82, 2.24) is 0 Å². The summed E-state index contributed by atoms with van der Waals surface area (Å²) in [4.78, 5) is 10.1. The van der Waals surface area contributed by atoms with Crippen LogP contribution in [0.15, 0.2) is 54.6 Å². The van der Waals surface area contributed by atoms with Crippen LogP contribution in [0.2, 0.25) is 5.02 Å². The number of anilines is 1. The van der Waals surface area contributed by atoms with Crippen LogP contribution in [0, 0.1) is 0 Å². The van der Waals surface area contributed by atoms with Gasteiger partial charge in [0.25, 0.3) is 0 Å². The van der Waals surface area contributed by atoms with Gasteiger partial charge in [0.05, 0.1) is 12.3 Å². The quantitative estimate of drug-likeness (QED) is 0.554. The molecule has 0 saturated heterocycles. The zero-order valence-electron chi connectivity index (χ0n) is 14.0. The van der Waals surface area contributed by atoms with Crippen molar-refractivity contribution in [1.29, 1.82) is 0 Å². The van der Waals surface area contributed by atoms with Gasteiger partial charge in [-0.2, -0.15) is 0 Å². The SMILES string of the molecule is CC(C[C@H](O)CP(=O)(O)Cc1ccccc1)Nc1ccc(Cl)cc1.Cl. The van der Waals surface area contributed by atoms with Gasteiger partial charge in [0.1, 0.15) is 0 Å². The molecule has 4 nitrogen and oxygen atoms in total. The molecule has 2 aromatic rings. The molecule has 0 aliphatic carbocycles. The Morgan fingerprint density at radius 2 is 1.72 bits per heavy atom. The number of halogens is 2. The van der Waals surface area contributed by atoms with E-state index in [0.717, 1.165) is 11.3 Å². The molecule has 7 heteroatoms. The summed E-state index contributed by atoms with van der Waals surface area (Å²) in [7, 11) is -3.41. The second-order valence-electron chi connectivity index (χ2n) is 6.11. The Labute approximate surface area is 160 Å². The minimum absolute atomic E-state index is 0. The molecule has 0 bridgehead atoms. The fourth-order valence-electron chi connectivity index (χ4n) is 2.63. The Kier molecular flexibility index (Phi) is 8.98. The maximum Gasteiger partial charge on any atom is 0.207 e. The van der Waals surface area contributed by atoms with Crippen molar-refractivity contribution in [2.24, 2.45) is 0 Å². The fourth-order valence-corrected chi connectivity index (χ4v) is 4.48. The molecular weight excluding hydrogens is 380 g/mol. The minimum Gasteiger partial charge on any atom is -0.392 e. The van der Waals surface area contributed by atoms with E-state index in [-0.39, 0.29) is 30.8 Å². The Hall–Kier alpha value is -1.03. The van der Waals surface area contributed by atoms with Crippen molar-refractivity contribution in [2.75, 3.05) is 11.5 Å². The topological polar surface area (TPSA) is 69.6 Å². The van der Waals surface area contributed by atoms with Crippen LogP contribution in [-0.2, 0) is 10.7 Å². The molecule has 0 saturated carbocycles. The van der Waals surface area contributed by atoms with E-state index in [2.05, 4.69) is 5.32 Å². The third kappa shape index (κ3) is 8.26. The number of hydrogen-bond acceptors (Lipinski definition) is 3. The van der Waals surface area contributed by atoms with Crippen LogP contribution in [0.1, 0.15) is 18.9 Å². The van der Waals surface area contributed by atoms with Crippen LogP contribution >= 0.6 is 31.4 Å². The normalized spacial score (nSPS) is 15.5. The van der Waals surface area contributed by atoms with Gasteiger partial charge in [0, 0.05) is 22.9 Å². The lowest BCUT2D eigenvalue weighted by molar-refractivity contribution is 0.179. The van der Waals surface area contributed by atoms with Gasteiger partial charge in [0.15, 0.2) is 0 Å². The highest BCUT2D eigenvalue weighted by Gasteiger charge is 2.24. The van der Waals surface area contributed by atoms with E-state index >= 15 is 0 Å². The summed E-state index contributed by atoms with van der Waals surface area (Å²) < 4.78 is 12.3. The third-order valence-electron chi connectivity index (χ3n) is 3.65. The number of nitrogens with one attached hydrogen (secondary N) is 1. The second kappa shape index (κ2) is 10.2. The van der Waals surface area contributed by atoms with Gasteiger partial charge in [0.2, 0.25) is 7.37 Å². The predicted octanol–water partition coefficient (Wildman–Crippen LogP) is 4.78. The molecule has 0 aromatic heterocycles. The van der Waals surface area contributed by atoms with Gasteiger partial charge in [-0.3, -0.25) is 4.57 Å². The van der Waals surface area contributed by atoms with E-state index in [1.165, 1.54) is 0 Å². The molecule has 0 heterocycles. The maximum absolute atomic E-state index is 12.3. The van der Waals surface area contributed by atoms with Gasteiger partial charge in [-0.05, 0) is 43.2 Å². The molecule has 2 rings (SSSR count). The largest absolute Gasteiger partial charge is 0.392 e. The van der Waals surface area contributed by atoms with Crippen LogP contribution < -0.4 is 5.32 Å². The van der Waals surface area contributed by atoms with Crippen LogP contribution in [0.25, 0.3) is 0 Å². The van der Waals surface area contributed by atoms with Gasteiger partial charge < -0.3 is 15.3 Å². The summed E-state index contributed by atoms with van der Waals surface area (Å²) in [6.45, 7) is 1.93. The van der Waals surface area contributed by atoms with Crippen LogP contribution in [0.4, 0.5) is 5.69 Å². The van der Waals surface area contributed by atoms with Crippen molar-refractivity contribution in [2.45, 2.75) is 31.7 Å². The lowest BCUT2D eigenvalue weighted by atomic mass is 10.1. The summed E-state index contributed by atoms with van der Waals surface area (Å²) in [5, 5.41) is 14.1. The number of aliphatic hydroxyl groups excluding tert-OH is 1. The molecule has 25 heavy (non-hydrogen) atoms. The molecule has 2 unspecified atom stereocenters. The highest BCUT2D eigenvalue weighted by molar-refractivity contribution is 7.57. The van der Waals surface area contributed by atoms with E-state index in [0.29, 0.717) is 11.4 Å². The Morgan fingerprint density at radius 3 is 2.32 bits per heavy atom.